The van der Waals surface area contributed by atoms with Gasteiger partial charge in [-0.05, 0) is 61.6 Å². The minimum Gasteiger partial charge on any atom is -0.480 e. The Balaban J connectivity index is 0.777. The summed E-state index contributed by atoms with van der Waals surface area (Å²) in [5, 5.41) is 15.1. The summed E-state index contributed by atoms with van der Waals surface area (Å²) in [6.45, 7) is 3.52. The molecular formula is C42H45ClF2N12O5. The lowest BCUT2D eigenvalue weighted by Gasteiger charge is -2.41. The second-order valence-corrected chi connectivity index (χ2v) is 17.2. The second-order valence-electron chi connectivity index (χ2n) is 16.7. The van der Waals surface area contributed by atoms with Gasteiger partial charge in [0.05, 0.1) is 40.6 Å². The number of urea groups is 1. The number of halogens is 3. The largest absolute Gasteiger partial charge is 0.480 e. The number of ether oxygens (including phenoxy) is 1. The second kappa shape index (κ2) is 15.3. The Bertz CT molecular complexity index is 2710. The van der Waals surface area contributed by atoms with Crippen molar-refractivity contribution < 1.29 is 27.9 Å². The van der Waals surface area contributed by atoms with Gasteiger partial charge in [0.2, 0.25) is 23.5 Å². The number of piperidine rings is 1. The van der Waals surface area contributed by atoms with Crippen LogP contribution in [0.5, 0.6) is 5.75 Å². The molecule has 2 aromatic carbocycles. The maximum absolute atomic E-state index is 15.2. The molecule has 5 aromatic rings. The maximum Gasteiger partial charge on any atom is 0.320 e. The Morgan fingerprint density at radius 1 is 0.903 bits per heavy atom. The molecule has 1 saturated carbocycles. The number of fused-ring (bicyclic) bond motifs is 4. The van der Waals surface area contributed by atoms with Crippen molar-refractivity contribution in [1.82, 2.24) is 39.4 Å². The van der Waals surface area contributed by atoms with E-state index in [1.807, 2.05) is 33.9 Å². The van der Waals surface area contributed by atoms with E-state index >= 15 is 8.78 Å². The number of rotatable bonds is 6. The van der Waals surface area contributed by atoms with Gasteiger partial charge in [0.1, 0.15) is 5.02 Å². The van der Waals surface area contributed by atoms with Crippen LogP contribution >= 0.6 is 11.6 Å². The molecule has 0 bridgehead atoms. The Hall–Kier alpha value is -6.24. The highest BCUT2D eigenvalue weighted by Crippen LogP contribution is 2.46. The molecule has 10 rings (SSSR count). The number of aryl methyl sites for hydroxylation is 2. The molecule has 2 atom stereocenters. The lowest BCUT2D eigenvalue weighted by atomic mass is 9.93. The van der Waals surface area contributed by atoms with Crippen molar-refractivity contribution in [2.75, 3.05) is 79.4 Å². The molecule has 4 amide bonds. The van der Waals surface area contributed by atoms with Crippen molar-refractivity contribution in [2.24, 2.45) is 20.0 Å². The van der Waals surface area contributed by atoms with Gasteiger partial charge in [0, 0.05) is 95.0 Å². The fourth-order valence-corrected chi connectivity index (χ4v) is 9.29. The maximum atomic E-state index is 15.2. The summed E-state index contributed by atoms with van der Waals surface area (Å²) in [6, 6.07) is 10.2. The van der Waals surface area contributed by atoms with Crippen LogP contribution in [0.3, 0.4) is 0 Å². The number of nitrogens with zero attached hydrogens (tertiary/aromatic N) is 9. The third kappa shape index (κ3) is 7.14. The van der Waals surface area contributed by atoms with Crippen LogP contribution < -0.4 is 36.0 Å². The number of piperazine rings is 2. The first-order valence-corrected chi connectivity index (χ1v) is 21.3. The number of carbonyl (C=O) groups excluding carboxylic acids is 3. The number of pyridine rings is 1. The van der Waals surface area contributed by atoms with Crippen LogP contribution in [0.25, 0.3) is 21.8 Å². The van der Waals surface area contributed by atoms with E-state index in [0.29, 0.717) is 106 Å². The summed E-state index contributed by atoms with van der Waals surface area (Å²) >= 11 is 6.59. The molecule has 4 aliphatic heterocycles. The lowest BCUT2D eigenvalue weighted by molar-refractivity contribution is -0.134. The number of nitrogens with one attached hydrogen (secondary N) is 3. The van der Waals surface area contributed by atoms with Crippen molar-refractivity contribution in [3.63, 3.8) is 0 Å². The van der Waals surface area contributed by atoms with Gasteiger partial charge in [-0.15, -0.1) is 0 Å². The molecule has 0 spiro atoms. The molecule has 17 nitrogen and oxygen atoms in total. The molecule has 62 heavy (non-hydrogen) atoms. The molecule has 4 fully saturated rings. The van der Waals surface area contributed by atoms with Crippen molar-refractivity contribution >= 4 is 80.1 Å². The SMILES string of the molecule is Cn1nc(C2CCC(=O)NC2=O)c2ccc(N3CCN(C(=O)N4CCN(c5ncc(Cl)c(Nc6ccc7c(c6)c6c(c(=O)n7C)OCC(F)(F)C(C7CC7)N6)n5)CC4)CC3)cc21. The average Bonchev–Trinajstić information content (AvgIpc) is 4.08. The quantitative estimate of drug-likeness (QED) is 0.206. The summed E-state index contributed by atoms with van der Waals surface area (Å²) in [7, 11) is 3.44. The van der Waals surface area contributed by atoms with Crippen LogP contribution in [-0.2, 0) is 23.7 Å². The number of benzene rings is 2. The number of aromatic nitrogens is 5. The fraction of sp³-hybridized carbons (Fsp3) is 0.452. The topological polar surface area (TPSA) is 175 Å². The predicted octanol–water partition coefficient (Wildman–Crippen LogP) is 4.41. The van der Waals surface area contributed by atoms with E-state index in [1.165, 1.54) is 10.8 Å². The van der Waals surface area contributed by atoms with Crippen molar-refractivity contribution in [2.45, 2.75) is 43.6 Å². The summed E-state index contributed by atoms with van der Waals surface area (Å²) in [4.78, 5) is 68.5. The zero-order chi connectivity index (χ0) is 43.0. The number of carbonyl (C=O) groups is 3. The van der Waals surface area contributed by atoms with Crippen molar-refractivity contribution in [1.29, 1.82) is 0 Å². The van der Waals surface area contributed by atoms with Crippen LogP contribution in [0.4, 0.5) is 42.4 Å². The standard InChI is InChI=1S/C42H45ClF2N12O5/c1-52-30-9-5-24(19-28(30)34-35(39(52)60)62-22-42(44,45)36(49-34)23-3-4-23)47-37-29(43)21-46-40(50-37)55-13-17-57(18-14-55)41(61)56-15-11-54(12-16-56)25-6-7-26-31(20-25)53(2)51-33(26)27-8-10-32(58)48-38(27)59/h5-7,9,19-21,23,27,36,49H,3-4,8,10-18,22H2,1-2H3,(H,46,47,50)(H,48,58,59). The molecule has 324 valence electrons. The van der Waals surface area contributed by atoms with E-state index in [-0.39, 0.29) is 46.6 Å². The number of alkyl halides is 2. The highest BCUT2D eigenvalue weighted by atomic mass is 35.5. The van der Waals surface area contributed by atoms with Crippen molar-refractivity contribution in [3.05, 3.63) is 63.7 Å². The Kier molecular flexibility index (Phi) is 9.83. The lowest BCUT2D eigenvalue weighted by Crippen LogP contribution is -2.57. The molecule has 2 unspecified atom stereocenters. The van der Waals surface area contributed by atoms with Gasteiger partial charge >= 0.3 is 12.0 Å². The number of imide groups is 1. The molecule has 3 aromatic heterocycles. The van der Waals surface area contributed by atoms with E-state index < -0.39 is 30.0 Å². The van der Waals surface area contributed by atoms with E-state index in [0.717, 1.165) is 16.6 Å². The van der Waals surface area contributed by atoms with Gasteiger partial charge in [-0.1, -0.05) is 11.6 Å². The smallest absolute Gasteiger partial charge is 0.320 e. The van der Waals surface area contributed by atoms with Gasteiger partial charge in [-0.2, -0.15) is 10.1 Å². The van der Waals surface area contributed by atoms with Crippen molar-refractivity contribution in [3.8, 4) is 5.75 Å². The first kappa shape index (κ1) is 39.9. The number of hydrogen-bond acceptors (Lipinski definition) is 12. The minimum absolute atomic E-state index is 0.0154. The molecule has 7 heterocycles. The molecule has 1 aliphatic carbocycles. The van der Waals surface area contributed by atoms with Crippen LogP contribution in [0.2, 0.25) is 5.02 Å². The number of amides is 4. The summed E-state index contributed by atoms with van der Waals surface area (Å²) in [6.07, 6.45) is 3.60. The predicted molar refractivity (Wildman–Crippen MR) is 229 cm³/mol. The van der Waals surface area contributed by atoms with Gasteiger partial charge in [0.15, 0.2) is 12.4 Å². The number of hydrogen-bond donors (Lipinski definition) is 3. The minimum atomic E-state index is -3.15. The monoisotopic (exact) mass is 870 g/mol. The van der Waals surface area contributed by atoms with Gasteiger partial charge in [-0.25, -0.2) is 18.6 Å². The number of anilines is 5. The summed E-state index contributed by atoms with van der Waals surface area (Å²) in [5.41, 5.74) is 3.44. The normalized spacial score (nSPS) is 21.6. The van der Waals surface area contributed by atoms with Gasteiger partial charge in [0.25, 0.3) is 5.56 Å². The fourth-order valence-electron chi connectivity index (χ4n) is 9.16. The molecular weight excluding hydrogens is 826 g/mol. The highest BCUT2D eigenvalue weighted by Gasteiger charge is 2.51. The van der Waals surface area contributed by atoms with E-state index in [9.17, 15) is 19.2 Å². The molecule has 20 heteroatoms. The van der Waals surface area contributed by atoms with E-state index in [1.54, 1.807) is 29.9 Å². The molecule has 0 radical (unpaired) electrons. The first-order valence-electron chi connectivity index (χ1n) is 20.9. The van der Waals surface area contributed by atoms with Crippen LogP contribution in [-0.4, -0.2) is 123 Å². The molecule has 3 saturated heterocycles. The first-order chi connectivity index (χ1) is 29.8. The Morgan fingerprint density at radius 3 is 2.34 bits per heavy atom. The van der Waals surface area contributed by atoms with Gasteiger partial charge in [-0.3, -0.25) is 24.4 Å². The summed E-state index contributed by atoms with van der Waals surface area (Å²) < 4.78 is 39.0. The van der Waals surface area contributed by atoms with Crippen LogP contribution in [0.15, 0.2) is 47.4 Å². The third-order valence-corrected chi connectivity index (χ3v) is 13.1. The Morgan fingerprint density at radius 2 is 1.63 bits per heavy atom. The van der Waals surface area contributed by atoms with Crippen LogP contribution in [0.1, 0.15) is 37.3 Å². The third-order valence-electron chi connectivity index (χ3n) is 12.8. The average molecular weight is 871 g/mol. The zero-order valence-corrected chi connectivity index (χ0v) is 34.9. The van der Waals surface area contributed by atoms with E-state index in [4.69, 9.17) is 21.3 Å². The van der Waals surface area contributed by atoms with Crippen LogP contribution in [0, 0.1) is 5.92 Å². The van der Waals surface area contributed by atoms with Gasteiger partial charge < -0.3 is 39.5 Å². The van der Waals surface area contributed by atoms with E-state index in [2.05, 4.69) is 37.0 Å². The molecule has 5 aliphatic rings. The Labute approximate surface area is 358 Å². The molecule has 3 N–H and O–H groups in total. The highest BCUT2D eigenvalue weighted by molar-refractivity contribution is 6.33. The zero-order valence-electron chi connectivity index (χ0n) is 34.2. The summed E-state index contributed by atoms with van der Waals surface area (Å²) in [5.74, 6) is -3.75.